The Hall–Kier alpha value is -3.63. The van der Waals surface area contributed by atoms with E-state index in [0.717, 1.165) is 4.68 Å². The summed E-state index contributed by atoms with van der Waals surface area (Å²) < 4.78 is 57.5. The molecule has 11 heteroatoms. The first-order valence-corrected chi connectivity index (χ1v) is 9.29. The summed E-state index contributed by atoms with van der Waals surface area (Å²) in [6.45, 7) is 0. The van der Waals surface area contributed by atoms with Gasteiger partial charge in [-0.3, -0.25) is 4.79 Å². The summed E-state index contributed by atoms with van der Waals surface area (Å²) in [5, 5.41) is 9.50. The molecule has 0 saturated heterocycles. The zero-order chi connectivity index (χ0) is 22.2. The summed E-state index contributed by atoms with van der Waals surface area (Å²) in [6, 6.07) is 6.62. The molecule has 31 heavy (non-hydrogen) atoms. The number of carbonyl (C=O) groups excluding carboxylic acids is 1. The van der Waals surface area contributed by atoms with E-state index in [1.807, 2.05) is 0 Å². The van der Waals surface area contributed by atoms with E-state index in [9.17, 15) is 18.0 Å². The molecular formula is C20H19F3N4O4. The Morgan fingerprint density at radius 1 is 1.26 bits per heavy atom. The van der Waals surface area contributed by atoms with Gasteiger partial charge < -0.3 is 24.5 Å². The fourth-order valence-corrected chi connectivity index (χ4v) is 3.45. The van der Waals surface area contributed by atoms with Gasteiger partial charge in [-0.2, -0.15) is 18.3 Å². The largest absolute Gasteiger partial charge is 0.497 e. The molecule has 0 spiro atoms. The van der Waals surface area contributed by atoms with E-state index in [1.165, 1.54) is 26.5 Å². The number of anilines is 2. The van der Waals surface area contributed by atoms with Crippen molar-refractivity contribution in [3.8, 4) is 11.5 Å². The molecule has 0 aliphatic carbocycles. The molecule has 1 aliphatic rings. The van der Waals surface area contributed by atoms with Gasteiger partial charge in [0.15, 0.2) is 11.7 Å². The lowest BCUT2D eigenvalue weighted by molar-refractivity contribution is -0.174. The Bertz CT molecular complexity index is 1080. The van der Waals surface area contributed by atoms with Gasteiger partial charge in [-0.1, -0.05) is 0 Å². The second-order valence-electron chi connectivity index (χ2n) is 6.89. The summed E-state index contributed by atoms with van der Waals surface area (Å²) >= 11 is 0. The number of nitrogens with zero attached hydrogens (tertiary/aromatic N) is 2. The van der Waals surface area contributed by atoms with E-state index >= 15 is 0 Å². The van der Waals surface area contributed by atoms with Crippen molar-refractivity contribution in [2.24, 2.45) is 0 Å². The third-order valence-corrected chi connectivity index (χ3v) is 4.97. The van der Waals surface area contributed by atoms with Crippen LogP contribution in [0.25, 0.3) is 0 Å². The number of furan rings is 1. The number of carbonyl (C=O) groups is 1. The molecule has 2 N–H and O–H groups in total. The second kappa shape index (κ2) is 7.89. The minimum Gasteiger partial charge on any atom is -0.497 e. The number of aromatic nitrogens is 2. The number of hydrogen-bond acceptors (Lipinski definition) is 6. The predicted molar refractivity (Wildman–Crippen MR) is 105 cm³/mol. The van der Waals surface area contributed by atoms with Crippen molar-refractivity contribution in [1.29, 1.82) is 0 Å². The number of amides is 1. The van der Waals surface area contributed by atoms with Crippen molar-refractivity contribution in [1.82, 2.24) is 9.78 Å². The molecular weight excluding hydrogens is 417 g/mol. The van der Waals surface area contributed by atoms with Crippen LogP contribution in [0.2, 0.25) is 0 Å². The normalized spacial score (nSPS) is 18.1. The quantitative estimate of drug-likeness (QED) is 0.616. The molecule has 0 saturated carbocycles. The fraction of sp³-hybridized carbons (Fsp3) is 0.300. The number of methoxy groups -OCH3 is 2. The van der Waals surface area contributed by atoms with E-state index in [-0.39, 0.29) is 17.9 Å². The van der Waals surface area contributed by atoms with Crippen LogP contribution in [0.4, 0.5) is 24.7 Å². The molecule has 2 unspecified atom stereocenters. The summed E-state index contributed by atoms with van der Waals surface area (Å²) in [4.78, 5) is 12.7. The van der Waals surface area contributed by atoms with Crippen LogP contribution in [0.1, 0.15) is 34.8 Å². The molecule has 8 nitrogen and oxygen atoms in total. The number of alkyl halides is 3. The summed E-state index contributed by atoms with van der Waals surface area (Å²) in [5.41, 5.74) is 0.155. The summed E-state index contributed by atoms with van der Waals surface area (Å²) in [5.74, 6) is 0.620. The highest BCUT2D eigenvalue weighted by Gasteiger charge is 2.47. The van der Waals surface area contributed by atoms with Crippen LogP contribution in [0, 0.1) is 0 Å². The number of ether oxygens (including phenoxy) is 2. The lowest BCUT2D eigenvalue weighted by Crippen LogP contribution is -2.35. The van der Waals surface area contributed by atoms with Crippen LogP contribution in [0.15, 0.2) is 47.1 Å². The van der Waals surface area contributed by atoms with E-state index in [1.54, 1.807) is 30.3 Å². The molecule has 0 fully saturated rings. The standard InChI is InChI=1S/C20H19F3N4O4/c1-29-11-5-6-12(16(8-11)30-2)25-19(28)14-10-18-24-13(15-4-3-7-31-15)9-17(20(21,22)23)27(18)26-14/h3-8,10,13,17,24H,9H2,1-2H3,(H,25,28). The van der Waals surface area contributed by atoms with Gasteiger partial charge >= 0.3 is 6.18 Å². The molecule has 3 aromatic rings. The molecule has 1 aliphatic heterocycles. The predicted octanol–water partition coefficient (Wildman–Crippen LogP) is 4.41. The van der Waals surface area contributed by atoms with Crippen molar-refractivity contribution in [2.75, 3.05) is 24.9 Å². The zero-order valence-electron chi connectivity index (χ0n) is 16.6. The highest BCUT2D eigenvalue weighted by molar-refractivity contribution is 6.04. The van der Waals surface area contributed by atoms with Crippen molar-refractivity contribution in [3.63, 3.8) is 0 Å². The van der Waals surface area contributed by atoms with Gasteiger partial charge in [-0.15, -0.1) is 0 Å². The SMILES string of the molecule is COc1ccc(NC(=O)c2cc3n(n2)C(C(F)(F)F)CC(c2ccco2)N3)c(OC)c1. The van der Waals surface area contributed by atoms with Crippen molar-refractivity contribution < 1.29 is 31.9 Å². The molecule has 2 aromatic heterocycles. The third kappa shape index (κ3) is 4.03. The van der Waals surface area contributed by atoms with Gasteiger partial charge in [0.1, 0.15) is 23.1 Å². The summed E-state index contributed by atoms with van der Waals surface area (Å²) in [6.07, 6.45) is -3.48. The van der Waals surface area contributed by atoms with Gasteiger partial charge in [0.2, 0.25) is 0 Å². The number of fused-ring (bicyclic) bond motifs is 1. The number of hydrogen-bond donors (Lipinski definition) is 2. The molecule has 0 radical (unpaired) electrons. The highest BCUT2D eigenvalue weighted by Crippen LogP contribution is 2.43. The van der Waals surface area contributed by atoms with E-state index in [0.29, 0.717) is 22.9 Å². The van der Waals surface area contributed by atoms with Crippen LogP contribution in [-0.4, -0.2) is 36.1 Å². The smallest absolute Gasteiger partial charge is 0.410 e. The Morgan fingerprint density at radius 2 is 2.06 bits per heavy atom. The Labute approximate surface area is 174 Å². The lowest BCUT2D eigenvalue weighted by Gasteiger charge is -2.32. The van der Waals surface area contributed by atoms with Crippen molar-refractivity contribution in [2.45, 2.75) is 24.7 Å². The van der Waals surface area contributed by atoms with E-state index < -0.39 is 24.2 Å². The number of nitrogens with one attached hydrogen (secondary N) is 2. The van der Waals surface area contributed by atoms with E-state index in [2.05, 4.69) is 15.7 Å². The lowest BCUT2D eigenvalue weighted by atomic mass is 10.0. The van der Waals surface area contributed by atoms with Crippen molar-refractivity contribution in [3.05, 3.63) is 54.1 Å². The van der Waals surface area contributed by atoms with Gasteiger partial charge in [0, 0.05) is 18.6 Å². The minimum atomic E-state index is -4.55. The van der Waals surface area contributed by atoms with Crippen molar-refractivity contribution >= 4 is 17.4 Å². The van der Waals surface area contributed by atoms with Crippen LogP contribution in [0.3, 0.4) is 0 Å². The molecule has 4 rings (SSSR count). The average molecular weight is 436 g/mol. The Kier molecular flexibility index (Phi) is 5.25. The number of rotatable bonds is 5. The van der Waals surface area contributed by atoms with Crippen LogP contribution in [-0.2, 0) is 0 Å². The molecule has 2 atom stereocenters. The zero-order valence-corrected chi connectivity index (χ0v) is 16.6. The molecule has 164 valence electrons. The molecule has 0 bridgehead atoms. The molecule has 1 aromatic carbocycles. The first-order valence-electron chi connectivity index (χ1n) is 9.29. The van der Waals surface area contributed by atoms with Gasteiger partial charge in [-0.25, -0.2) is 4.68 Å². The monoisotopic (exact) mass is 436 g/mol. The van der Waals surface area contributed by atoms with Crippen LogP contribution in [0.5, 0.6) is 11.5 Å². The number of benzene rings is 1. The van der Waals surface area contributed by atoms with Crippen LogP contribution < -0.4 is 20.1 Å². The third-order valence-electron chi connectivity index (χ3n) is 4.97. The minimum absolute atomic E-state index is 0.0711. The fourth-order valence-electron chi connectivity index (χ4n) is 3.45. The number of halogens is 3. The summed E-state index contributed by atoms with van der Waals surface area (Å²) in [7, 11) is 2.91. The maximum atomic E-state index is 13.7. The van der Waals surface area contributed by atoms with E-state index in [4.69, 9.17) is 13.9 Å². The maximum absolute atomic E-state index is 13.7. The highest BCUT2D eigenvalue weighted by atomic mass is 19.4. The Morgan fingerprint density at radius 3 is 2.71 bits per heavy atom. The van der Waals surface area contributed by atoms with Gasteiger partial charge in [0.05, 0.1) is 32.2 Å². The average Bonchev–Trinajstić information content (AvgIpc) is 3.42. The van der Waals surface area contributed by atoms with Gasteiger partial charge in [0.25, 0.3) is 5.91 Å². The Balaban J connectivity index is 1.63. The topological polar surface area (TPSA) is 90.5 Å². The first kappa shape index (κ1) is 20.6. The van der Waals surface area contributed by atoms with Crippen LogP contribution >= 0.6 is 0 Å². The first-order chi connectivity index (χ1) is 14.8. The second-order valence-corrected chi connectivity index (χ2v) is 6.89. The van der Waals surface area contributed by atoms with Gasteiger partial charge in [-0.05, 0) is 24.3 Å². The maximum Gasteiger partial charge on any atom is 0.410 e. The molecule has 3 heterocycles. The molecule has 1 amide bonds.